The van der Waals surface area contributed by atoms with Crippen LogP contribution in [-0.4, -0.2) is 29.2 Å². The average Bonchev–Trinajstić information content (AvgIpc) is 3.04. The Bertz CT molecular complexity index is 245. The smallest absolute Gasteiger partial charge is 0.221 e. The van der Waals surface area contributed by atoms with Gasteiger partial charge in [-0.25, -0.2) is 0 Å². The number of aliphatic hydroxyl groups excluding tert-OH is 1. The third-order valence-corrected chi connectivity index (χ3v) is 3.71. The molecule has 4 N–H and O–H groups in total. The van der Waals surface area contributed by atoms with E-state index >= 15 is 0 Å². The summed E-state index contributed by atoms with van der Waals surface area (Å²) in [5.41, 5.74) is 5.91. The van der Waals surface area contributed by atoms with Crippen molar-refractivity contribution >= 4 is 5.91 Å². The fourth-order valence-electron chi connectivity index (χ4n) is 2.41. The van der Waals surface area contributed by atoms with Gasteiger partial charge in [0.25, 0.3) is 0 Å². The average molecular weight is 226 g/mol. The van der Waals surface area contributed by atoms with Crippen molar-refractivity contribution in [2.75, 3.05) is 0 Å². The first-order valence-corrected chi connectivity index (χ1v) is 6.38. The van der Waals surface area contributed by atoms with Gasteiger partial charge in [-0.3, -0.25) is 4.79 Å². The molecular weight excluding hydrogens is 204 g/mol. The van der Waals surface area contributed by atoms with Crippen LogP contribution in [0.15, 0.2) is 0 Å². The number of amides is 1. The Hall–Kier alpha value is -0.610. The summed E-state index contributed by atoms with van der Waals surface area (Å²) >= 11 is 0. The summed E-state index contributed by atoms with van der Waals surface area (Å²) in [6, 6.07) is 0.302. The van der Waals surface area contributed by atoms with E-state index in [0.29, 0.717) is 12.3 Å². The van der Waals surface area contributed by atoms with Gasteiger partial charge in [0.2, 0.25) is 5.91 Å². The van der Waals surface area contributed by atoms with Crippen molar-refractivity contribution in [3.8, 4) is 0 Å². The molecule has 0 spiro atoms. The fourth-order valence-corrected chi connectivity index (χ4v) is 2.41. The van der Waals surface area contributed by atoms with E-state index in [9.17, 15) is 9.90 Å². The van der Waals surface area contributed by atoms with Crippen molar-refractivity contribution in [1.29, 1.82) is 0 Å². The monoisotopic (exact) mass is 226 g/mol. The summed E-state index contributed by atoms with van der Waals surface area (Å²) in [6.07, 6.45) is 6.07. The Balaban J connectivity index is 1.66. The van der Waals surface area contributed by atoms with Gasteiger partial charge in [0.1, 0.15) is 0 Å². The molecule has 2 rings (SSSR count). The number of rotatable bonds is 4. The van der Waals surface area contributed by atoms with Crippen molar-refractivity contribution in [3.05, 3.63) is 0 Å². The highest BCUT2D eigenvalue weighted by Crippen LogP contribution is 2.32. The highest BCUT2D eigenvalue weighted by Gasteiger charge is 2.30. The molecule has 2 aliphatic rings. The highest BCUT2D eigenvalue weighted by atomic mass is 16.3. The summed E-state index contributed by atoms with van der Waals surface area (Å²) in [6.45, 7) is 0. The molecule has 0 heterocycles. The first kappa shape index (κ1) is 11.9. The van der Waals surface area contributed by atoms with E-state index in [2.05, 4.69) is 5.32 Å². The van der Waals surface area contributed by atoms with E-state index in [4.69, 9.17) is 5.73 Å². The first-order valence-electron chi connectivity index (χ1n) is 6.38. The summed E-state index contributed by atoms with van der Waals surface area (Å²) in [7, 11) is 0. The molecule has 4 nitrogen and oxygen atoms in total. The largest absolute Gasteiger partial charge is 0.393 e. The second-order valence-electron chi connectivity index (χ2n) is 5.28. The van der Waals surface area contributed by atoms with Gasteiger partial charge >= 0.3 is 0 Å². The Morgan fingerprint density at radius 2 is 1.88 bits per heavy atom. The molecule has 2 saturated carbocycles. The molecule has 16 heavy (non-hydrogen) atoms. The van der Waals surface area contributed by atoms with Gasteiger partial charge in [-0.15, -0.1) is 0 Å². The number of aliphatic hydroxyl groups is 1. The van der Waals surface area contributed by atoms with Crippen molar-refractivity contribution in [2.24, 2.45) is 11.7 Å². The van der Waals surface area contributed by atoms with Crippen LogP contribution in [0.25, 0.3) is 0 Å². The Morgan fingerprint density at radius 1 is 1.25 bits per heavy atom. The molecular formula is C12H22N2O2. The molecule has 4 heteroatoms. The number of nitrogens with two attached hydrogens (primary N) is 1. The van der Waals surface area contributed by atoms with Gasteiger partial charge in [-0.05, 0) is 44.4 Å². The lowest BCUT2D eigenvalue weighted by Gasteiger charge is -2.26. The number of hydrogen-bond acceptors (Lipinski definition) is 3. The van der Waals surface area contributed by atoms with Crippen molar-refractivity contribution in [2.45, 2.75) is 63.1 Å². The Kier molecular flexibility index (Phi) is 3.82. The van der Waals surface area contributed by atoms with Crippen LogP contribution in [0.3, 0.4) is 0 Å². The molecule has 0 bridgehead atoms. The summed E-state index contributed by atoms with van der Waals surface area (Å²) < 4.78 is 0. The minimum atomic E-state index is -0.165. The van der Waals surface area contributed by atoms with Crippen LogP contribution in [0.5, 0.6) is 0 Å². The van der Waals surface area contributed by atoms with Crippen LogP contribution in [0.1, 0.15) is 44.9 Å². The topological polar surface area (TPSA) is 75.4 Å². The minimum absolute atomic E-state index is 0.0502. The standard InChI is InChI=1S/C12H22N2O2/c13-11(8-1-2-8)7-12(16)14-9-3-5-10(15)6-4-9/h8-11,15H,1-7,13H2,(H,14,16). The summed E-state index contributed by atoms with van der Waals surface area (Å²) in [4.78, 5) is 11.7. The zero-order chi connectivity index (χ0) is 11.5. The Labute approximate surface area is 96.6 Å². The van der Waals surface area contributed by atoms with Crippen LogP contribution in [0.2, 0.25) is 0 Å². The van der Waals surface area contributed by atoms with Crippen LogP contribution in [0, 0.1) is 5.92 Å². The molecule has 0 aromatic rings. The van der Waals surface area contributed by atoms with Crippen LogP contribution in [0.4, 0.5) is 0 Å². The van der Waals surface area contributed by atoms with Crippen molar-refractivity contribution < 1.29 is 9.90 Å². The Morgan fingerprint density at radius 3 is 2.44 bits per heavy atom. The van der Waals surface area contributed by atoms with E-state index < -0.39 is 0 Å². The number of carbonyl (C=O) groups excluding carboxylic acids is 1. The number of carbonyl (C=O) groups is 1. The first-order chi connectivity index (χ1) is 7.65. The normalized spacial score (nSPS) is 32.1. The maximum Gasteiger partial charge on any atom is 0.221 e. The van der Waals surface area contributed by atoms with Gasteiger partial charge in [0.05, 0.1) is 6.10 Å². The van der Waals surface area contributed by atoms with E-state index in [1.165, 1.54) is 12.8 Å². The molecule has 2 fully saturated rings. The number of hydrogen-bond donors (Lipinski definition) is 3. The molecule has 1 unspecified atom stereocenters. The van der Waals surface area contributed by atoms with Gasteiger partial charge in [0, 0.05) is 18.5 Å². The highest BCUT2D eigenvalue weighted by molar-refractivity contribution is 5.77. The predicted molar refractivity (Wildman–Crippen MR) is 61.7 cm³/mol. The quantitative estimate of drug-likeness (QED) is 0.654. The van der Waals surface area contributed by atoms with E-state index in [0.717, 1.165) is 25.7 Å². The molecule has 0 aromatic heterocycles. The van der Waals surface area contributed by atoms with Crippen molar-refractivity contribution in [3.63, 3.8) is 0 Å². The second kappa shape index (κ2) is 5.15. The molecule has 1 amide bonds. The lowest BCUT2D eigenvalue weighted by molar-refractivity contribution is -0.122. The van der Waals surface area contributed by atoms with Gasteiger partial charge in [0.15, 0.2) is 0 Å². The lowest BCUT2D eigenvalue weighted by atomic mass is 9.93. The van der Waals surface area contributed by atoms with Crippen molar-refractivity contribution in [1.82, 2.24) is 5.32 Å². The molecule has 0 radical (unpaired) electrons. The van der Waals surface area contributed by atoms with Gasteiger partial charge < -0.3 is 16.2 Å². The molecule has 1 atom stereocenters. The summed E-state index contributed by atoms with van der Waals surface area (Å²) in [5.74, 6) is 0.666. The maximum atomic E-state index is 11.7. The molecule has 92 valence electrons. The third-order valence-electron chi connectivity index (χ3n) is 3.71. The van der Waals surface area contributed by atoms with Crippen LogP contribution >= 0.6 is 0 Å². The maximum absolute atomic E-state index is 11.7. The third kappa shape index (κ3) is 3.46. The SMILES string of the molecule is NC(CC(=O)NC1CCC(O)CC1)C1CC1. The molecule has 0 aromatic carbocycles. The van der Waals surface area contributed by atoms with E-state index in [1.54, 1.807) is 0 Å². The summed E-state index contributed by atoms with van der Waals surface area (Å²) in [5, 5.41) is 12.4. The number of nitrogens with one attached hydrogen (secondary N) is 1. The molecule has 2 aliphatic carbocycles. The fraction of sp³-hybridized carbons (Fsp3) is 0.917. The predicted octanol–water partition coefficient (Wildman–Crippen LogP) is 0.533. The van der Waals surface area contributed by atoms with Gasteiger partial charge in [-0.1, -0.05) is 0 Å². The zero-order valence-electron chi connectivity index (χ0n) is 9.69. The van der Waals surface area contributed by atoms with Crippen LogP contribution in [-0.2, 0) is 4.79 Å². The van der Waals surface area contributed by atoms with E-state index in [1.807, 2.05) is 0 Å². The minimum Gasteiger partial charge on any atom is -0.393 e. The zero-order valence-corrected chi connectivity index (χ0v) is 9.69. The van der Waals surface area contributed by atoms with E-state index in [-0.39, 0.29) is 24.1 Å². The lowest BCUT2D eigenvalue weighted by Crippen LogP contribution is -2.41. The molecule has 0 aliphatic heterocycles. The van der Waals surface area contributed by atoms with Crippen LogP contribution < -0.4 is 11.1 Å². The molecule has 0 saturated heterocycles. The second-order valence-corrected chi connectivity index (χ2v) is 5.28. The van der Waals surface area contributed by atoms with Gasteiger partial charge in [-0.2, -0.15) is 0 Å².